The van der Waals surface area contributed by atoms with Crippen molar-refractivity contribution in [3.63, 3.8) is 0 Å². The number of halogens is 1. The number of rotatable bonds is 6. The monoisotopic (exact) mass is 351 g/mol. The number of hydrogen-bond acceptors (Lipinski definition) is 5. The summed E-state index contributed by atoms with van der Waals surface area (Å²) in [5.74, 6) is 0.207. The second-order valence-corrected chi connectivity index (χ2v) is 5.05. The summed E-state index contributed by atoms with van der Waals surface area (Å²) in [6.07, 6.45) is 1.67. The number of nitro benzene ring substituents is 1. The van der Waals surface area contributed by atoms with Gasteiger partial charge in [-0.05, 0) is 41.1 Å². The predicted molar refractivity (Wildman–Crippen MR) is 83.5 cm³/mol. The van der Waals surface area contributed by atoms with Crippen LogP contribution in [0, 0.1) is 10.1 Å². The maximum Gasteiger partial charge on any atom is 0.312 e. The van der Waals surface area contributed by atoms with Crippen molar-refractivity contribution in [3.05, 3.63) is 56.8 Å². The standard InChI is InChI=1S/C14H14BrN3O3/c1-2-16-10-6-7-17-11(8-10)9-21-14-12(15)4-3-5-13(14)18(19)20/h3-8H,2,9H2,1H3,(H,16,17). The summed E-state index contributed by atoms with van der Waals surface area (Å²) >= 11 is 3.27. The number of benzene rings is 1. The first kappa shape index (κ1) is 15.2. The quantitative estimate of drug-likeness (QED) is 0.633. The van der Waals surface area contributed by atoms with Gasteiger partial charge >= 0.3 is 5.69 Å². The van der Waals surface area contributed by atoms with Gasteiger partial charge in [-0.15, -0.1) is 0 Å². The van der Waals surface area contributed by atoms with Gasteiger partial charge in [0.05, 0.1) is 15.1 Å². The Kier molecular flexibility index (Phi) is 5.10. The molecule has 6 nitrogen and oxygen atoms in total. The third-order valence-corrected chi connectivity index (χ3v) is 3.33. The lowest BCUT2D eigenvalue weighted by Crippen LogP contribution is -2.03. The highest BCUT2D eigenvalue weighted by atomic mass is 79.9. The summed E-state index contributed by atoms with van der Waals surface area (Å²) in [4.78, 5) is 14.7. The van der Waals surface area contributed by atoms with Crippen LogP contribution in [0.5, 0.6) is 5.75 Å². The van der Waals surface area contributed by atoms with E-state index >= 15 is 0 Å². The molecule has 1 aromatic carbocycles. The van der Waals surface area contributed by atoms with Crippen LogP contribution in [0.3, 0.4) is 0 Å². The number of pyridine rings is 1. The van der Waals surface area contributed by atoms with Gasteiger partial charge < -0.3 is 10.1 Å². The Morgan fingerprint density at radius 1 is 1.43 bits per heavy atom. The van der Waals surface area contributed by atoms with E-state index < -0.39 is 4.92 Å². The molecule has 2 aromatic rings. The first-order valence-corrected chi connectivity index (χ1v) is 7.15. The molecule has 0 amide bonds. The number of nitro groups is 1. The molecule has 0 aliphatic heterocycles. The molecule has 0 saturated carbocycles. The normalized spacial score (nSPS) is 10.2. The van der Waals surface area contributed by atoms with Crippen molar-refractivity contribution in [2.45, 2.75) is 13.5 Å². The zero-order valence-corrected chi connectivity index (χ0v) is 13.0. The van der Waals surface area contributed by atoms with Crippen molar-refractivity contribution >= 4 is 27.3 Å². The minimum Gasteiger partial charge on any atom is -0.480 e. The van der Waals surface area contributed by atoms with E-state index in [9.17, 15) is 10.1 Å². The molecule has 2 rings (SSSR count). The van der Waals surface area contributed by atoms with Crippen LogP contribution in [0.15, 0.2) is 41.0 Å². The van der Waals surface area contributed by atoms with Crippen LogP contribution in [0.1, 0.15) is 12.6 Å². The summed E-state index contributed by atoms with van der Waals surface area (Å²) in [6, 6.07) is 8.41. The summed E-state index contributed by atoms with van der Waals surface area (Å²) in [5, 5.41) is 14.2. The largest absolute Gasteiger partial charge is 0.480 e. The van der Waals surface area contributed by atoms with Crippen molar-refractivity contribution in [2.24, 2.45) is 0 Å². The Hall–Kier alpha value is -2.15. The highest BCUT2D eigenvalue weighted by Crippen LogP contribution is 2.35. The van der Waals surface area contributed by atoms with Crippen molar-refractivity contribution in [1.82, 2.24) is 4.98 Å². The van der Waals surface area contributed by atoms with Crippen molar-refractivity contribution in [2.75, 3.05) is 11.9 Å². The number of ether oxygens (including phenoxy) is 1. The average Bonchev–Trinajstić information content (AvgIpc) is 2.46. The molecular weight excluding hydrogens is 338 g/mol. The van der Waals surface area contributed by atoms with Gasteiger partial charge in [0.15, 0.2) is 0 Å². The lowest BCUT2D eigenvalue weighted by Gasteiger charge is -2.09. The summed E-state index contributed by atoms with van der Waals surface area (Å²) in [5.41, 5.74) is 1.55. The third kappa shape index (κ3) is 3.91. The third-order valence-electron chi connectivity index (χ3n) is 2.70. The van der Waals surface area contributed by atoms with E-state index in [0.29, 0.717) is 10.2 Å². The molecule has 110 valence electrons. The molecule has 1 heterocycles. The summed E-state index contributed by atoms with van der Waals surface area (Å²) < 4.78 is 6.11. The second-order valence-electron chi connectivity index (χ2n) is 4.20. The minimum atomic E-state index is -0.470. The van der Waals surface area contributed by atoms with Crippen LogP contribution in [-0.2, 0) is 6.61 Å². The van der Waals surface area contributed by atoms with Gasteiger partial charge in [0.2, 0.25) is 5.75 Å². The lowest BCUT2D eigenvalue weighted by molar-refractivity contribution is -0.386. The van der Waals surface area contributed by atoms with Gasteiger partial charge in [0, 0.05) is 24.5 Å². The molecule has 7 heteroatoms. The van der Waals surface area contributed by atoms with Crippen molar-refractivity contribution in [3.8, 4) is 5.75 Å². The molecule has 0 radical (unpaired) electrons. The van der Waals surface area contributed by atoms with Gasteiger partial charge in [-0.25, -0.2) is 0 Å². The van der Waals surface area contributed by atoms with E-state index in [4.69, 9.17) is 4.74 Å². The molecule has 0 saturated heterocycles. The zero-order valence-electron chi connectivity index (χ0n) is 11.4. The van der Waals surface area contributed by atoms with E-state index in [-0.39, 0.29) is 18.0 Å². The average molecular weight is 352 g/mol. The molecule has 0 spiro atoms. The number of aromatic nitrogens is 1. The number of hydrogen-bond donors (Lipinski definition) is 1. The topological polar surface area (TPSA) is 77.3 Å². The Morgan fingerprint density at radius 3 is 2.95 bits per heavy atom. The molecular formula is C14H14BrN3O3. The molecule has 0 bridgehead atoms. The molecule has 21 heavy (non-hydrogen) atoms. The second kappa shape index (κ2) is 7.03. The van der Waals surface area contributed by atoms with Crippen LogP contribution in [0.4, 0.5) is 11.4 Å². The van der Waals surface area contributed by atoms with Gasteiger partial charge in [0.25, 0.3) is 0 Å². The first-order valence-electron chi connectivity index (χ1n) is 6.36. The van der Waals surface area contributed by atoms with Crippen LogP contribution < -0.4 is 10.1 Å². The van der Waals surface area contributed by atoms with Crippen LogP contribution in [0.2, 0.25) is 0 Å². The maximum absolute atomic E-state index is 11.0. The fourth-order valence-electron chi connectivity index (χ4n) is 1.80. The van der Waals surface area contributed by atoms with Crippen molar-refractivity contribution in [1.29, 1.82) is 0 Å². The lowest BCUT2D eigenvalue weighted by atomic mass is 10.3. The predicted octanol–water partition coefficient (Wildman–Crippen LogP) is 3.76. The van der Waals surface area contributed by atoms with Gasteiger partial charge in [0.1, 0.15) is 6.61 Å². The van der Waals surface area contributed by atoms with Gasteiger partial charge in [-0.1, -0.05) is 6.07 Å². The smallest absolute Gasteiger partial charge is 0.312 e. The molecule has 0 fully saturated rings. The highest BCUT2D eigenvalue weighted by Gasteiger charge is 2.18. The van der Waals surface area contributed by atoms with Crippen molar-refractivity contribution < 1.29 is 9.66 Å². The van der Waals surface area contributed by atoms with E-state index in [2.05, 4.69) is 26.2 Å². The Balaban J connectivity index is 2.16. The number of nitrogens with one attached hydrogen (secondary N) is 1. The Bertz CT molecular complexity index is 649. The maximum atomic E-state index is 11.0. The molecule has 0 aliphatic carbocycles. The van der Waals surface area contributed by atoms with E-state index in [1.807, 2.05) is 19.1 Å². The minimum absolute atomic E-state index is 0.0767. The van der Waals surface area contributed by atoms with E-state index in [0.717, 1.165) is 12.2 Å². The first-order chi connectivity index (χ1) is 10.1. The van der Waals surface area contributed by atoms with Crippen LogP contribution in [-0.4, -0.2) is 16.5 Å². The van der Waals surface area contributed by atoms with Crippen LogP contribution in [0.25, 0.3) is 0 Å². The SMILES string of the molecule is CCNc1ccnc(COc2c(Br)cccc2[N+](=O)[O-])c1. The van der Waals surface area contributed by atoms with Crippen LogP contribution >= 0.6 is 15.9 Å². The fraction of sp³-hybridized carbons (Fsp3) is 0.214. The van der Waals surface area contributed by atoms with Gasteiger partial charge in [-0.2, -0.15) is 0 Å². The molecule has 1 aromatic heterocycles. The fourth-order valence-corrected chi connectivity index (χ4v) is 2.27. The van der Waals surface area contributed by atoms with E-state index in [1.54, 1.807) is 18.3 Å². The Labute approximate surface area is 130 Å². The molecule has 0 unspecified atom stereocenters. The highest BCUT2D eigenvalue weighted by molar-refractivity contribution is 9.10. The molecule has 0 aliphatic rings. The number of nitrogens with zero attached hydrogens (tertiary/aromatic N) is 2. The Morgan fingerprint density at radius 2 is 2.24 bits per heavy atom. The van der Waals surface area contributed by atoms with Gasteiger partial charge in [-0.3, -0.25) is 15.1 Å². The van der Waals surface area contributed by atoms with E-state index in [1.165, 1.54) is 6.07 Å². The number of para-hydroxylation sites is 1. The zero-order chi connectivity index (χ0) is 15.2. The summed E-state index contributed by atoms with van der Waals surface area (Å²) in [7, 11) is 0. The summed E-state index contributed by atoms with van der Waals surface area (Å²) in [6.45, 7) is 2.96. The molecule has 0 atom stereocenters. The number of anilines is 1. The molecule has 1 N–H and O–H groups in total.